The van der Waals surface area contributed by atoms with Crippen molar-refractivity contribution in [3.8, 4) is 0 Å². The van der Waals surface area contributed by atoms with Gasteiger partial charge in [0.2, 0.25) is 5.95 Å². The Hall–Kier alpha value is -1.78. The van der Waals surface area contributed by atoms with Gasteiger partial charge in [-0.25, -0.2) is 0 Å². The molecule has 0 aromatic carbocycles. The van der Waals surface area contributed by atoms with Gasteiger partial charge in [-0.3, -0.25) is 0 Å². The van der Waals surface area contributed by atoms with Gasteiger partial charge in [0.1, 0.15) is 11.6 Å². The standard InChI is InChI=1S/C8H13N5/c1-3-5(2)11-7-4-6(9)12-8(10)13-7/h3-5H,1H2,2H3,(H5,9,10,11,12,13). The summed E-state index contributed by atoms with van der Waals surface area (Å²) in [5.74, 6) is 1.13. The molecule has 1 aromatic rings. The molecule has 0 spiro atoms. The maximum Gasteiger partial charge on any atom is 0.223 e. The summed E-state index contributed by atoms with van der Waals surface area (Å²) in [7, 11) is 0. The Kier molecular flexibility index (Phi) is 2.69. The Morgan fingerprint density at radius 2 is 2.23 bits per heavy atom. The van der Waals surface area contributed by atoms with Gasteiger partial charge >= 0.3 is 0 Å². The van der Waals surface area contributed by atoms with Crippen molar-refractivity contribution in [2.75, 3.05) is 16.8 Å². The molecule has 1 rings (SSSR count). The van der Waals surface area contributed by atoms with E-state index < -0.39 is 0 Å². The third kappa shape index (κ3) is 2.62. The zero-order valence-corrected chi connectivity index (χ0v) is 7.49. The van der Waals surface area contributed by atoms with E-state index in [1.807, 2.05) is 6.92 Å². The number of rotatable bonds is 3. The number of aromatic nitrogens is 2. The summed E-state index contributed by atoms with van der Waals surface area (Å²) >= 11 is 0. The first-order valence-corrected chi connectivity index (χ1v) is 3.91. The monoisotopic (exact) mass is 179 g/mol. The minimum Gasteiger partial charge on any atom is -0.383 e. The Bertz CT molecular complexity index is 289. The summed E-state index contributed by atoms with van der Waals surface area (Å²) in [5.41, 5.74) is 10.9. The maximum atomic E-state index is 5.48. The van der Waals surface area contributed by atoms with Gasteiger partial charge in [0.15, 0.2) is 0 Å². The van der Waals surface area contributed by atoms with Crippen LogP contribution in [-0.2, 0) is 0 Å². The number of nitrogens with zero attached hydrogens (tertiary/aromatic N) is 2. The SMILES string of the molecule is C=CC(C)Nc1cc(N)nc(N)n1. The summed E-state index contributed by atoms with van der Waals surface area (Å²) in [6.45, 7) is 5.58. The van der Waals surface area contributed by atoms with Crippen LogP contribution in [0.5, 0.6) is 0 Å². The van der Waals surface area contributed by atoms with Gasteiger partial charge < -0.3 is 16.8 Å². The van der Waals surface area contributed by atoms with E-state index in [1.165, 1.54) is 0 Å². The fraction of sp³-hybridized carbons (Fsp3) is 0.250. The van der Waals surface area contributed by atoms with Crippen LogP contribution in [0.3, 0.4) is 0 Å². The van der Waals surface area contributed by atoms with E-state index in [1.54, 1.807) is 12.1 Å². The highest BCUT2D eigenvalue weighted by Gasteiger charge is 2.01. The van der Waals surface area contributed by atoms with Crippen LogP contribution in [0.4, 0.5) is 17.6 Å². The number of nitrogens with two attached hydrogens (primary N) is 2. The zero-order chi connectivity index (χ0) is 9.84. The van der Waals surface area contributed by atoms with Crippen molar-refractivity contribution in [2.24, 2.45) is 0 Å². The fourth-order valence-corrected chi connectivity index (χ4v) is 0.851. The quantitative estimate of drug-likeness (QED) is 0.592. The molecule has 5 N–H and O–H groups in total. The Morgan fingerprint density at radius 3 is 2.77 bits per heavy atom. The molecule has 70 valence electrons. The normalized spacial score (nSPS) is 12.1. The van der Waals surface area contributed by atoms with E-state index in [4.69, 9.17) is 11.5 Å². The topological polar surface area (TPSA) is 89.8 Å². The molecule has 0 aliphatic carbocycles. The first-order valence-electron chi connectivity index (χ1n) is 3.91. The van der Waals surface area contributed by atoms with Crippen molar-refractivity contribution in [1.82, 2.24) is 9.97 Å². The molecule has 0 fully saturated rings. The molecule has 0 amide bonds. The van der Waals surface area contributed by atoms with Gasteiger partial charge in [-0.1, -0.05) is 6.08 Å². The lowest BCUT2D eigenvalue weighted by Crippen LogP contribution is -2.14. The van der Waals surface area contributed by atoms with E-state index in [9.17, 15) is 0 Å². The molecule has 1 unspecified atom stereocenters. The van der Waals surface area contributed by atoms with Crippen LogP contribution in [0.15, 0.2) is 18.7 Å². The van der Waals surface area contributed by atoms with Crippen LogP contribution in [-0.4, -0.2) is 16.0 Å². The van der Waals surface area contributed by atoms with Crippen molar-refractivity contribution in [1.29, 1.82) is 0 Å². The number of nitrogen functional groups attached to an aromatic ring is 2. The van der Waals surface area contributed by atoms with Gasteiger partial charge in [0, 0.05) is 12.1 Å². The number of anilines is 3. The minimum atomic E-state index is 0.119. The highest BCUT2D eigenvalue weighted by Crippen LogP contribution is 2.10. The third-order valence-corrected chi connectivity index (χ3v) is 1.49. The Balaban J connectivity index is 2.82. The van der Waals surface area contributed by atoms with E-state index in [2.05, 4.69) is 21.9 Å². The molecule has 0 radical (unpaired) electrons. The molecule has 1 aromatic heterocycles. The first-order chi connectivity index (χ1) is 6.11. The highest BCUT2D eigenvalue weighted by atomic mass is 15.1. The molecule has 13 heavy (non-hydrogen) atoms. The van der Waals surface area contributed by atoms with Crippen molar-refractivity contribution < 1.29 is 0 Å². The predicted molar refractivity (Wildman–Crippen MR) is 54.1 cm³/mol. The third-order valence-electron chi connectivity index (χ3n) is 1.49. The zero-order valence-electron chi connectivity index (χ0n) is 7.49. The maximum absolute atomic E-state index is 5.48. The van der Waals surface area contributed by atoms with Crippen LogP contribution in [0.2, 0.25) is 0 Å². The molecule has 0 saturated carbocycles. The lowest BCUT2D eigenvalue weighted by Gasteiger charge is -2.09. The summed E-state index contributed by atoms with van der Waals surface area (Å²) in [4.78, 5) is 7.70. The predicted octanol–water partition coefficient (Wildman–Crippen LogP) is 0.627. The van der Waals surface area contributed by atoms with Crippen LogP contribution >= 0.6 is 0 Å². The van der Waals surface area contributed by atoms with Gasteiger partial charge in [-0.2, -0.15) is 9.97 Å². The van der Waals surface area contributed by atoms with E-state index in [0.29, 0.717) is 11.6 Å². The Morgan fingerprint density at radius 1 is 1.54 bits per heavy atom. The molecule has 0 saturated heterocycles. The van der Waals surface area contributed by atoms with Crippen LogP contribution in [0.1, 0.15) is 6.92 Å². The van der Waals surface area contributed by atoms with E-state index >= 15 is 0 Å². The second-order valence-corrected chi connectivity index (χ2v) is 2.70. The molecule has 0 aliphatic rings. The fourth-order valence-electron chi connectivity index (χ4n) is 0.851. The Labute approximate surface area is 76.9 Å². The van der Waals surface area contributed by atoms with Gasteiger partial charge in [0.05, 0.1) is 0 Å². The summed E-state index contributed by atoms with van der Waals surface area (Å²) in [5, 5.41) is 3.04. The average Bonchev–Trinajstić information content (AvgIpc) is 2.02. The summed E-state index contributed by atoms with van der Waals surface area (Å²) in [6.07, 6.45) is 1.76. The van der Waals surface area contributed by atoms with Crippen LogP contribution < -0.4 is 16.8 Å². The molecule has 5 nitrogen and oxygen atoms in total. The second kappa shape index (κ2) is 3.75. The lowest BCUT2D eigenvalue weighted by molar-refractivity contribution is 0.980. The lowest BCUT2D eigenvalue weighted by atomic mass is 10.3. The summed E-state index contributed by atoms with van der Waals surface area (Å²) in [6, 6.07) is 1.74. The highest BCUT2D eigenvalue weighted by molar-refractivity contribution is 5.49. The largest absolute Gasteiger partial charge is 0.383 e. The van der Waals surface area contributed by atoms with E-state index in [0.717, 1.165) is 0 Å². The smallest absolute Gasteiger partial charge is 0.223 e. The second-order valence-electron chi connectivity index (χ2n) is 2.70. The van der Waals surface area contributed by atoms with Crippen LogP contribution in [0, 0.1) is 0 Å². The minimum absolute atomic E-state index is 0.119. The molecule has 1 heterocycles. The number of hydrogen-bond donors (Lipinski definition) is 3. The molecule has 0 bridgehead atoms. The van der Waals surface area contributed by atoms with Gasteiger partial charge in [-0.15, -0.1) is 6.58 Å². The summed E-state index contributed by atoms with van der Waals surface area (Å²) < 4.78 is 0. The van der Waals surface area contributed by atoms with Crippen molar-refractivity contribution in [2.45, 2.75) is 13.0 Å². The number of nitrogens with one attached hydrogen (secondary N) is 1. The van der Waals surface area contributed by atoms with Gasteiger partial charge in [-0.05, 0) is 6.92 Å². The van der Waals surface area contributed by atoms with E-state index in [-0.39, 0.29) is 12.0 Å². The van der Waals surface area contributed by atoms with Crippen molar-refractivity contribution in [3.63, 3.8) is 0 Å². The number of hydrogen-bond acceptors (Lipinski definition) is 5. The molecular weight excluding hydrogens is 166 g/mol. The average molecular weight is 179 g/mol. The van der Waals surface area contributed by atoms with Crippen LogP contribution in [0.25, 0.3) is 0 Å². The molecule has 1 atom stereocenters. The molecule has 0 aliphatic heterocycles. The van der Waals surface area contributed by atoms with Gasteiger partial charge in [0.25, 0.3) is 0 Å². The van der Waals surface area contributed by atoms with Crippen molar-refractivity contribution >= 4 is 17.6 Å². The van der Waals surface area contributed by atoms with Crippen molar-refractivity contribution in [3.05, 3.63) is 18.7 Å². The molecule has 5 heteroatoms. The first kappa shape index (κ1) is 9.31. The molecular formula is C8H13N5.